The molecule has 0 spiro atoms. The molecule has 0 aliphatic rings. The van der Waals surface area contributed by atoms with Gasteiger partial charge in [0.05, 0.1) is 11.4 Å². The van der Waals surface area contributed by atoms with Crippen molar-refractivity contribution in [3.05, 3.63) is 29.6 Å². The second-order valence-electron chi connectivity index (χ2n) is 4.31. The van der Waals surface area contributed by atoms with E-state index >= 15 is 0 Å². The summed E-state index contributed by atoms with van der Waals surface area (Å²) < 4.78 is 28.6. The highest BCUT2D eigenvalue weighted by molar-refractivity contribution is 7.89. The summed E-state index contributed by atoms with van der Waals surface area (Å²) in [4.78, 5) is 7.23. The molecular weight excluding hydrogens is 266 g/mol. The Morgan fingerprint density at radius 2 is 2.16 bits per heavy atom. The molecule has 0 aliphatic carbocycles. The Kier molecular flexibility index (Phi) is 3.72. The van der Waals surface area contributed by atoms with Gasteiger partial charge in [0.1, 0.15) is 10.7 Å². The van der Waals surface area contributed by atoms with Crippen LogP contribution in [-0.2, 0) is 23.5 Å². The van der Waals surface area contributed by atoms with Crippen molar-refractivity contribution in [1.82, 2.24) is 24.5 Å². The molecule has 8 heteroatoms. The van der Waals surface area contributed by atoms with E-state index in [0.29, 0.717) is 24.4 Å². The maximum absolute atomic E-state index is 12.2. The lowest BCUT2D eigenvalue weighted by Crippen LogP contribution is -2.27. The lowest BCUT2D eigenvalue weighted by Gasteiger charge is -2.06. The minimum absolute atomic E-state index is 0.259. The molecule has 2 heterocycles. The molecular formula is C11H17N5O2S. The van der Waals surface area contributed by atoms with Gasteiger partial charge in [-0.25, -0.2) is 18.1 Å². The van der Waals surface area contributed by atoms with E-state index in [2.05, 4.69) is 19.8 Å². The van der Waals surface area contributed by atoms with Crippen LogP contribution in [0.3, 0.4) is 0 Å². The van der Waals surface area contributed by atoms with Crippen molar-refractivity contribution in [2.45, 2.75) is 25.2 Å². The van der Waals surface area contributed by atoms with Crippen LogP contribution in [0.5, 0.6) is 0 Å². The molecule has 0 saturated carbocycles. The Labute approximate surface area is 112 Å². The Morgan fingerprint density at radius 3 is 2.68 bits per heavy atom. The molecule has 2 rings (SSSR count). The van der Waals surface area contributed by atoms with Crippen molar-refractivity contribution >= 4 is 10.0 Å². The van der Waals surface area contributed by atoms with E-state index in [1.165, 1.54) is 0 Å². The minimum atomic E-state index is -3.53. The number of H-pyrrole nitrogens is 1. The van der Waals surface area contributed by atoms with E-state index < -0.39 is 10.0 Å². The van der Waals surface area contributed by atoms with Crippen molar-refractivity contribution < 1.29 is 8.42 Å². The zero-order valence-electron chi connectivity index (χ0n) is 11.1. The summed E-state index contributed by atoms with van der Waals surface area (Å²) in [7, 11) is -1.80. The van der Waals surface area contributed by atoms with Gasteiger partial charge in [-0.05, 0) is 13.8 Å². The zero-order valence-corrected chi connectivity index (χ0v) is 12.0. The van der Waals surface area contributed by atoms with Gasteiger partial charge in [-0.2, -0.15) is 5.10 Å². The van der Waals surface area contributed by atoms with Gasteiger partial charge in [0.15, 0.2) is 0 Å². The van der Waals surface area contributed by atoms with Gasteiger partial charge in [-0.1, -0.05) is 0 Å². The van der Waals surface area contributed by atoms with E-state index in [1.807, 2.05) is 0 Å². The van der Waals surface area contributed by atoms with Crippen LogP contribution < -0.4 is 4.72 Å². The highest BCUT2D eigenvalue weighted by Gasteiger charge is 2.23. The van der Waals surface area contributed by atoms with Crippen LogP contribution in [0.2, 0.25) is 0 Å². The summed E-state index contributed by atoms with van der Waals surface area (Å²) in [6.07, 6.45) is 3.86. The third kappa shape index (κ3) is 2.85. The lowest BCUT2D eigenvalue weighted by atomic mass is 10.4. The second kappa shape index (κ2) is 5.14. The predicted molar refractivity (Wildman–Crippen MR) is 70.2 cm³/mol. The Morgan fingerprint density at radius 1 is 1.42 bits per heavy atom. The van der Waals surface area contributed by atoms with Gasteiger partial charge in [-0.3, -0.25) is 4.68 Å². The van der Waals surface area contributed by atoms with Crippen molar-refractivity contribution in [1.29, 1.82) is 0 Å². The SMILES string of the molecule is Cc1nn(C)c(C)c1S(=O)(=O)NCCc1ncc[nH]1. The molecule has 7 nitrogen and oxygen atoms in total. The summed E-state index contributed by atoms with van der Waals surface area (Å²) in [5, 5.41) is 4.11. The van der Waals surface area contributed by atoms with Crippen LogP contribution in [0.25, 0.3) is 0 Å². The summed E-state index contributed by atoms with van der Waals surface area (Å²) in [6.45, 7) is 3.72. The minimum Gasteiger partial charge on any atom is -0.349 e. The number of hydrogen-bond acceptors (Lipinski definition) is 4. The van der Waals surface area contributed by atoms with E-state index in [4.69, 9.17) is 0 Å². The zero-order chi connectivity index (χ0) is 14.0. The molecule has 2 aromatic rings. The van der Waals surface area contributed by atoms with Crippen LogP contribution in [0.15, 0.2) is 17.3 Å². The van der Waals surface area contributed by atoms with Gasteiger partial charge in [0, 0.05) is 32.4 Å². The molecule has 19 heavy (non-hydrogen) atoms. The number of hydrogen-bond donors (Lipinski definition) is 2. The van der Waals surface area contributed by atoms with Crippen molar-refractivity contribution in [2.24, 2.45) is 7.05 Å². The molecule has 0 unspecified atom stereocenters. The van der Waals surface area contributed by atoms with Gasteiger partial charge >= 0.3 is 0 Å². The topological polar surface area (TPSA) is 92.7 Å². The first-order valence-corrected chi connectivity index (χ1v) is 7.38. The average Bonchev–Trinajstić information content (AvgIpc) is 2.88. The normalized spacial score (nSPS) is 11.9. The van der Waals surface area contributed by atoms with Crippen molar-refractivity contribution in [3.8, 4) is 0 Å². The molecule has 104 valence electrons. The third-order valence-corrected chi connectivity index (χ3v) is 4.63. The average molecular weight is 283 g/mol. The van der Waals surface area contributed by atoms with E-state index in [0.717, 1.165) is 5.82 Å². The summed E-state index contributed by atoms with van der Waals surface area (Å²) >= 11 is 0. The number of nitrogens with one attached hydrogen (secondary N) is 2. The van der Waals surface area contributed by atoms with Crippen molar-refractivity contribution in [3.63, 3.8) is 0 Å². The Bertz CT molecular complexity index is 658. The van der Waals surface area contributed by atoms with Gasteiger partial charge in [-0.15, -0.1) is 0 Å². The van der Waals surface area contributed by atoms with Crippen LogP contribution in [0.4, 0.5) is 0 Å². The van der Waals surface area contributed by atoms with Crippen LogP contribution in [-0.4, -0.2) is 34.7 Å². The van der Waals surface area contributed by atoms with Gasteiger partial charge in [0.25, 0.3) is 0 Å². The highest BCUT2D eigenvalue weighted by atomic mass is 32.2. The monoisotopic (exact) mass is 283 g/mol. The number of sulfonamides is 1. The molecule has 0 atom stereocenters. The Hall–Kier alpha value is -1.67. The third-order valence-electron chi connectivity index (χ3n) is 2.92. The number of aromatic amines is 1. The molecule has 0 aliphatic heterocycles. The molecule has 0 aromatic carbocycles. The first-order valence-electron chi connectivity index (χ1n) is 5.90. The summed E-state index contributed by atoms with van der Waals surface area (Å²) in [5.74, 6) is 0.752. The molecule has 0 radical (unpaired) electrons. The van der Waals surface area contributed by atoms with Crippen molar-refractivity contribution in [2.75, 3.05) is 6.54 Å². The van der Waals surface area contributed by atoms with Crippen LogP contribution in [0, 0.1) is 13.8 Å². The fraction of sp³-hybridized carbons (Fsp3) is 0.455. The standard InChI is InChI=1S/C11H17N5O2S/c1-8-11(9(2)16(3)15-8)19(17,18)14-5-4-10-12-6-7-13-10/h6-7,14H,4-5H2,1-3H3,(H,12,13). The number of nitrogens with zero attached hydrogens (tertiary/aromatic N) is 3. The summed E-state index contributed by atoms with van der Waals surface area (Å²) in [5.41, 5.74) is 1.13. The largest absolute Gasteiger partial charge is 0.349 e. The number of aryl methyl sites for hydroxylation is 2. The number of rotatable bonds is 5. The summed E-state index contributed by atoms with van der Waals surface area (Å²) in [6, 6.07) is 0. The van der Waals surface area contributed by atoms with Crippen LogP contribution in [0.1, 0.15) is 17.2 Å². The molecule has 0 amide bonds. The van der Waals surface area contributed by atoms with Gasteiger partial charge in [0.2, 0.25) is 10.0 Å². The highest BCUT2D eigenvalue weighted by Crippen LogP contribution is 2.17. The first kappa shape index (κ1) is 13.8. The number of aromatic nitrogens is 4. The van der Waals surface area contributed by atoms with Crippen LogP contribution >= 0.6 is 0 Å². The molecule has 0 saturated heterocycles. The molecule has 0 fully saturated rings. The lowest BCUT2D eigenvalue weighted by molar-refractivity contribution is 0.579. The molecule has 2 N–H and O–H groups in total. The van der Waals surface area contributed by atoms with Gasteiger partial charge < -0.3 is 4.98 Å². The fourth-order valence-corrected chi connectivity index (χ4v) is 3.42. The smallest absolute Gasteiger partial charge is 0.244 e. The molecule has 2 aromatic heterocycles. The molecule has 0 bridgehead atoms. The quantitative estimate of drug-likeness (QED) is 0.824. The van der Waals surface area contributed by atoms with E-state index in [9.17, 15) is 8.42 Å². The Balaban J connectivity index is 2.10. The fourth-order valence-electron chi connectivity index (χ4n) is 1.95. The maximum Gasteiger partial charge on any atom is 0.244 e. The second-order valence-corrected chi connectivity index (χ2v) is 6.01. The first-order chi connectivity index (χ1) is 8.92. The van der Waals surface area contributed by atoms with E-state index in [-0.39, 0.29) is 4.90 Å². The van der Waals surface area contributed by atoms with E-state index in [1.54, 1.807) is 38.0 Å². The maximum atomic E-state index is 12.2. The predicted octanol–water partition coefficient (Wildman–Crippen LogP) is 0.281. The number of imidazole rings is 1.